The summed E-state index contributed by atoms with van der Waals surface area (Å²) >= 11 is 0. The van der Waals surface area contributed by atoms with E-state index >= 15 is 0 Å². The van der Waals surface area contributed by atoms with E-state index in [1.807, 2.05) is 66.7 Å². The van der Waals surface area contributed by atoms with Crippen LogP contribution in [0.15, 0.2) is 89.7 Å². The number of hydrogen-bond acceptors (Lipinski definition) is 4. The molecule has 3 aromatic carbocycles. The van der Waals surface area contributed by atoms with Gasteiger partial charge in [-0.2, -0.15) is 10.4 Å². The smallest absolute Gasteiger partial charge is 0.277 e. The van der Waals surface area contributed by atoms with Gasteiger partial charge < -0.3 is 5.32 Å². The summed E-state index contributed by atoms with van der Waals surface area (Å²) in [6, 6.07) is 27.2. The molecule has 0 spiro atoms. The fourth-order valence-electron chi connectivity index (χ4n) is 3.23. The molecule has 0 radical (unpaired) electrons. The molecule has 1 aromatic heterocycles. The second-order valence-corrected chi connectivity index (χ2v) is 6.49. The molecule has 1 heterocycles. The first kappa shape index (κ1) is 18.8. The average molecular weight is 392 g/mol. The van der Waals surface area contributed by atoms with Crippen LogP contribution in [0.3, 0.4) is 0 Å². The molecule has 0 aliphatic heterocycles. The molecule has 0 atom stereocenters. The molecule has 6 nitrogen and oxygen atoms in total. The zero-order valence-electron chi connectivity index (χ0n) is 15.8. The van der Waals surface area contributed by atoms with Crippen molar-refractivity contribution in [2.45, 2.75) is 0 Å². The quantitative estimate of drug-likeness (QED) is 0.543. The molecule has 0 saturated heterocycles. The first-order valence-electron chi connectivity index (χ1n) is 9.23. The Labute approximate surface area is 172 Å². The second kappa shape index (κ2) is 8.25. The summed E-state index contributed by atoms with van der Waals surface area (Å²) in [5, 5.41) is 18.7. The molecule has 6 heteroatoms. The monoisotopic (exact) mass is 392 g/mol. The highest BCUT2D eigenvalue weighted by Crippen LogP contribution is 2.32. The van der Waals surface area contributed by atoms with Gasteiger partial charge in [0.25, 0.3) is 11.5 Å². The first-order valence-corrected chi connectivity index (χ1v) is 9.23. The van der Waals surface area contributed by atoms with E-state index in [0.717, 1.165) is 5.56 Å². The van der Waals surface area contributed by atoms with Gasteiger partial charge in [-0.15, -0.1) is 0 Å². The van der Waals surface area contributed by atoms with Crippen molar-refractivity contribution >= 4 is 11.6 Å². The molecule has 144 valence electrons. The lowest BCUT2D eigenvalue weighted by atomic mass is 9.95. The maximum Gasteiger partial charge on any atom is 0.277 e. The Kier molecular flexibility index (Phi) is 5.18. The van der Waals surface area contributed by atoms with E-state index in [0.29, 0.717) is 28.1 Å². The zero-order valence-corrected chi connectivity index (χ0v) is 15.8. The number of H-pyrrole nitrogens is 1. The van der Waals surface area contributed by atoms with Crippen LogP contribution in [-0.4, -0.2) is 16.1 Å². The molecular formula is C24H16N4O2. The van der Waals surface area contributed by atoms with Gasteiger partial charge in [0.05, 0.1) is 16.9 Å². The van der Waals surface area contributed by atoms with E-state index in [1.165, 1.54) is 0 Å². The Morgan fingerprint density at radius 1 is 0.867 bits per heavy atom. The molecule has 4 rings (SSSR count). The van der Waals surface area contributed by atoms with E-state index in [-0.39, 0.29) is 5.56 Å². The Hall–Kier alpha value is -4.50. The normalized spacial score (nSPS) is 10.2. The first-order chi connectivity index (χ1) is 14.7. The van der Waals surface area contributed by atoms with E-state index in [1.54, 1.807) is 24.3 Å². The lowest BCUT2D eigenvalue weighted by Gasteiger charge is -2.14. The average Bonchev–Trinajstić information content (AvgIpc) is 2.80. The van der Waals surface area contributed by atoms with Crippen molar-refractivity contribution in [3.63, 3.8) is 0 Å². The Bertz CT molecular complexity index is 1310. The van der Waals surface area contributed by atoms with Gasteiger partial charge in [0.2, 0.25) is 0 Å². The predicted molar refractivity (Wildman–Crippen MR) is 115 cm³/mol. The summed E-state index contributed by atoms with van der Waals surface area (Å²) in [4.78, 5) is 26.0. The summed E-state index contributed by atoms with van der Waals surface area (Å²) in [6.45, 7) is 0. The van der Waals surface area contributed by atoms with Gasteiger partial charge in [0, 0.05) is 11.1 Å². The number of amides is 1. The highest BCUT2D eigenvalue weighted by atomic mass is 16.2. The Morgan fingerprint density at radius 2 is 1.47 bits per heavy atom. The lowest BCUT2D eigenvalue weighted by Crippen LogP contribution is -2.26. The maximum absolute atomic E-state index is 13.2. The summed E-state index contributed by atoms with van der Waals surface area (Å²) in [5.74, 6) is -0.614. The van der Waals surface area contributed by atoms with Crippen LogP contribution in [0.4, 0.5) is 5.69 Å². The number of para-hydroxylation sites is 1. The third-order valence-electron chi connectivity index (χ3n) is 4.62. The number of nitrogens with one attached hydrogen (secondary N) is 2. The lowest BCUT2D eigenvalue weighted by molar-refractivity contribution is 0.102. The van der Waals surface area contributed by atoms with Gasteiger partial charge in [-0.3, -0.25) is 9.59 Å². The minimum atomic E-state index is -0.614. The molecule has 0 aliphatic carbocycles. The molecular weight excluding hydrogens is 376 g/mol. The minimum Gasteiger partial charge on any atom is -0.321 e. The SMILES string of the molecule is N#Cc1ccccc1NC(=O)c1c(-c2ccccc2)c(-c2ccccc2)n[nH]c1=O. The van der Waals surface area contributed by atoms with Crippen LogP contribution in [-0.2, 0) is 0 Å². The number of anilines is 1. The van der Waals surface area contributed by atoms with Crippen molar-refractivity contribution in [2.75, 3.05) is 5.32 Å². The predicted octanol–water partition coefficient (Wildman–Crippen LogP) is 4.23. The van der Waals surface area contributed by atoms with Crippen molar-refractivity contribution in [3.05, 3.63) is 106 Å². The fraction of sp³-hybridized carbons (Fsp3) is 0. The second-order valence-electron chi connectivity index (χ2n) is 6.49. The number of benzene rings is 3. The molecule has 2 N–H and O–H groups in total. The maximum atomic E-state index is 13.2. The number of rotatable bonds is 4. The summed E-state index contributed by atoms with van der Waals surface area (Å²) in [6.07, 6.45) is 0. The van der Waals surface area contributed by atoms with Gasteiger partial charge in [0.1, 0.15) is 11.6 Å². The number of hydrogen-bond donors (Lipinski definition) is 2. The summed E-state index contributed by atoms with van der Waals surface area (Å²) in [7, 11) is 0. The molecule has 0 unspecified atom stereocenters. The van der Waals surface area contributed by atoms with E-state index in [4.69, 9.17) is 0 Å². The summed E-state index contributed by atoms with van der Waals surface area (Å²) < 4.78 is 0. The number of nitrogens with zero attached hydrogens (tertiary/aromatic N) is 2. The zero-order chi connectivity index (χ0) is 20.9. The van der Waals surface area contributed by atoms with Crippen LogP contribution >= 0.6 is 0 Å². The minimum absolute atomic E-state index is 0.0669. The number of aromatic amines is 1. The topological polar surface area (TPSA) is 98.6 Å². The molecule has 0 aliphatic rings. The molecule has 0 fully saturated rings. The number of nitriles is 1. The van der Waals surface area contributed by atoms with Crippen LogP contribution in [0.1, 0.15) is 15.9 Å². The standard InChI is InChI=1S/C24H16N4O2/c25-15-18-13-7-8-14-19(18)26-23(29)21-20(16-9-3-1-4-10-16)22(27-28-24(21)30)17-11-5-2-6-12-17/h1-14H,(H,26,29)(H,28,30). The third kappa shape index (κ3) is 3.60. The molecule has 4 aromatic rings. The van der Waals surface area contributed by atoms with Crippen molar-refractivity contribution < 1.29 is 4.79 Å². The highest BCUT2D eigenvalue weighted by molar-refractivity contribution is 6.10. The molecule has 30 heavy (non-hydrogen) atoms. The van der Waals surface area contributed by atoms with Crippen molar-refractivity contribution in [1.29, 1.82) is 5.26 Å². The summed E-state index contributed by atoms with van der Waals surface area (Å²) in [5.41, 5.74) is 2.33. The van der Waals surface area contributed by atoms with Gasteiger partial charge in [-0.1, -0.05) is 72.8 Å². The van der Waals surface area contributed by atoms with Crippen LogP contribution in [0.2, 0.25) is 0 Å². The Balaban J connectivity index is 1.92. The largest absolute Gasteiger partial charge is 0.321 e. The van der Waals surface area contributed by atoms with Crippen LogP contribution in [0.5, 0.6) is 0 Å². The number of carbonyl (C=O) groups is 1. The van der Waals surface area contributed by atoms with Gasteiger partial charge in [-0.25, -0.2) is 5.10 Å². The van der Waals surface area contributed by atoms with Gasteiger partial charge in [-0.05, 0) is 17.7 Å². The number of carbonyl (C=O) groups excluding carboxylic acids is 1. The molecule has 0 bridgehead atoms. The van der Waals surface area contributed by atoms with Crippen LogP contribution in [0, 0.1) is 11.3 Å². The highest BCUT2D eigenvalue weighted by Gasteiger charge is 2.23. The third-order valence-corrected chi connectivity index (χ3v) is 4.62. The van der Waals surface area contributed by atoms with E-state index in [2.05, 4.69) is 15.5 Å². The van der Waals surface area contributed by atoms with Crippen molar-refractivity contribution in [3.8, 4) is 28.5 Å². The van der Waals surface area contributed by atoms with Crippen molar-refractivity contribution in [2.24, 2.45) is 0 Å². The van der Waals surface area contributed by atoms with Crippen LogP contribution < -0.4 is 10.9 Å². The molecule has 0 saturated carbocycles. The van der Waals surface area contributed by atoms with Gasteiger partial charge >= 0.3 is 0 Å². The van der Waals surface area contributed by atoms with E-state index in [9.17, 15) is 14.9 Å². The van der Waals surface area contributed by atoms with Crippen LogP contribution in [0.25, 0.3) is 22.4 Å². The van der Waals surface area contributed by atoms with Crippen molar-refractivity contribution in [1.82, 2.24) is 10.2 Å². The van der Waals surface area contributed by atoms with E-state index < -0.39 is 11.5 Å². The Morgan fingerprint density at radius 3 is 2.13 bits per heavy atom. The fourth-order valence-corrected chi connectivity index (χ4v) is 3.23. The molecule has 1 amide bonds. The number of aromatic nitrogens is 2. The van der Waals surface area contributed by atoms with Gasteiger partial charge in [0.15, 0.2) is 0 Å².